The summed E-state index contributed by atoms with van der Waals surface area (Å²) < 4.78 is 5.45. The lowest BCUT2D eigenvalue weighted by molar-refractivity contribution is -0.384. The van der Waals surface area contributed by atoms with E-state index in [4.69, 9.17) is 16.3 Å². The first-order valence-electron chi connectivity index (χ1n) is 10.0. The van der Waals surface area contributed by atoms with Crippen LogP contribution in [0.2, 0.25) is 5.02 Å². The fourth-order valence-electron chi connectivity index (χ4n) is 3.78. The van der Waals surface area contributed by atoms with Crippen molar-refractivity contribution in [3.63, 3.8) is 0 Å². The van der Waals surface area contributed by atoms with E-state index in [1.54, 1.807) is 9.80 Å². The van der Waals surface area contributed by atoms with Gasteiger partial charge in [-0.25, -0.2) is 4.79 Å². The maximum atomic E-state index is 12.8. The standard InChI is InChI=1S/C20H27ClN4O5/c1-20(2,3)30-19(27)24-7-6-15(13-24)22-8-10-23(11-9-22)18(26)16-5-4-14(25(28)29)12-17(16)21/h4-5,12,15H,6-11,13H2,1-3H3/t15-/m1/s1. The van der Waals surface area contributed by atoms with E-state index in [0.717, 1.165) is 6.42 Å². The Kier molecular flexibility index (Phi) is 6.52. The third kappa shape index (κ3) is 5.20. The molecule has 2 amide bonds. The fourth-order valence-corrected chi connectivity index (χ4v) is 4.04. The Balaban J connectivity index is 1.53. The van der Waals surface area contributed by atoms with Crippen LogP contribution in [0.4, 0.5) is 10.5 Å². The van der Waals surface area contributed by atoms with Crippen molar-refractivity contribution in [3.8, 4) is 0 Å². The van der Waals surface area contributed by atoms with Crippen molar-refractivity contribution in [1.29, 1.82) is 0 Å². The second-order valence-electron chi connectivity index (χ2n) is 8.62. The van der Waals surface area contributed by atoms with E-state index in [1.165, 1.54) is 18.2 Å². The molecule has 2 aliphatic heterocycles. The van der Waals surface area contributed by atoms with Crippen LogP contribution in [-0.2, 0) is 4.74 Å². The number of non-ortho nitro benzene ring substituents is 1. The summed E-state index contributed by atoms with van der Waals surface area (Å²) in [5.74, 6) is -0.226. The van der Waals surface area contributed by atoms with Gasteiger partial charge in [0.2, 0.25) is 0 Å². The molecule has 2 fully saturated rings. The number of benzene rings is 1. The SMILES string of the molecule is CC(C)(C)OC(=O)N1CC[C@@H](N2CCN(C(=O)c3ccc([N+](=O)[O-])cc3Cl)CC2)C1. The zero-order valence-corrected chi connectivity index (χ0v) is 18.2. The van der Waals surface area contributed by atoms with Gasteiger partial charge in [0.15, 0.2) is 0 Å². The first-order valence-corrected chi connectivity index (χ1v) is 10.4. The lowest BCUT2D eigenvalue weighted by Gasteiger charge is -2.38. The number of likely N-dealkylation sites (tertiary alicyclic amines) is 1. The number of hydrogen-bond acceptors (Lipinski definition) is 6. The molecule has 0 unspecified atom stereocenters. The molecule has 9 nitrogen and oxygen atoms in total. The molecular weight excluding hydrogens is 412 g/mol. The Labute approximate surface area is 180 Å². The smallest absolute Gasteiger partial charge is 0.410 e. The van der Waals surface area contributed by atoms with E-state index in [-0.39, 0.29) is 34.3 Å². The molecule has 2 saturated heterocycles. The molecule has 10 heteroatoms. The summed E-state index contributed by atoms with van der Waals surface area (Å²) in [6.45, 7) is 9.31. The average Bonchev–Trinajstić information content (AvgIpc) is 3.16. The van der Waals surface area contributed by atoms with Crippen molar-refractivity contribution in [3.05, 3.63) is 38.9 Å². The molecule has 0 N–H and O–H groups in total. The highest BCUT2D eigenvalue weighted by atomic mass is 35.5. The summed E-state index contributed by atoms with van der Waals surface area (Å²) >= 11 is 6.10. The molecule has 2 aliphatic rings. The van der Waals surface area contributed by atoms with Crippen LogP contribution < -0.4 is 0 Å². The number of ether oxygens (including phenoxy) is 1. The molecular formula is C20H27ClN4O5. The summed E-state index contributed by atoms with van der Waals surface area (Å²) in [6, 6.07) is 4.15. The first kappa shape index (κ1) is 22.3. The highest BCUT2D eigenvalue weighted by Crippen LogP contribution is 2.25. The Morgan fingerprint density at radius 1 is 1.13 bits per heavy atom. The van der Waals surface area contributed by atoms with Gasteiger partial charge in [0.1, 0.15) is 5.60 Å². The summed E-state index contributed by atoms with van der Waals surface area (Å²) in [5.41, 5.74) is -0.384. The van der Waals surface area contributed by atoms with E-state index in [0.29, 0.717) is 39.3 Å². The molecule has 30 heavy (non-hydrogen) atoms. The first-order chi connectivity index (χ1) is 14.0. The van der Waals surface area contributed by atoms with Gasteiger partial charge in [0, 0.05) is 57.4 Å². The van der Waals surface area contributed by atoms with Crippen molar-refractivity contribution < 1.29 is 19.2 Å². The summed E-state index contributed by atoms with van der Waals surface area (Å²) in [4.78, 5) is 41.1. The molecule has 1 aromatic carbocycles. The highest BCUT2D eigenvalue weighted by Gasteiger charge is 2.35. The van der Waals surface area contributed by atoms with Crippen molar-refractivity contribution in [1.82, 2.24) is 14.7 Å². The van der Waals surface area contributed by atoms with Crippen LogP contribution in [-0.4, -0.2) is 82.5 Å². The Morgan fingerprint density at radius 3 is 2.37 bits per heavy atom. The normalized spacial score (nSPS) is 20.3. The molecule has 0 saturated carbocycles. The van der Waals surface area contributed by atoms with E-state index in [9.17, 15) is 19.7 Å². The quantitative estimate of drug-likeness (QED) is 0.531. The van der Waals surface area contributed by atoms with Gasteiger partial charge in [-0.05, 0) is 33.3 Å². The number of halogens is 1. The van der Waals surface area contributed by atoms with Crippen LogP contribution in [0.15, 0.2) is 18.2 Å². The van der Waals surface area contributed by atoms with Crippen molar-refractivity contribution in [2.75, 3.05) is 39.3 Å². The topological polar surface area (TPSA) is 96.2 Å². The lowest BCUT2D eigenvalue weighted by Crippen LogP contribution is -2.52. The molecule has 0 spiro atoms. The second-order valence-corrected chi connectivity index (χ2v) is 9.03. The maximum absolute atomic E-state index is 12.8. The van der Waals surface area contributed by atoms with Crippen LogP contribution in [0.5, 0.6) is 0 Å². The van der Waals surface area contributed by atoms with Crippen LogP contribution in [0.3, 0.4) is 0 Å². The third-order valence-electron chi connectivity index (χ3n) is 5.33. The monoisotopic (exact) mass is 438 g/mol. The summed E-state index contributed by atoms with van der Waals surface area (Å²) in [7, 11) is 0. The van der Waals surface area contributed by atoms with Gasteiger partial charge in [-0.1, -0.05) is 11.6 Å². The number of amides is 2. The number of carbonyl (C=O) groups excluding carboxylic acids is 2. The predicted octanol–water partition coefficient (Wildman–Crippen LogP) is 3.02. The van der Waals surface area contributed by atoms with Crippen LogP contribution in [0.1, 0.15) is 37.6 Å². The largest absolute Gasteiger partial charge is 0.444 e. The van der Waals surface area contributed by atoms with E-state index >= 15 is 0 Å². The molecule has 1 atom stereocenters. The number of rotatable bonds is 3. The number of piperazine rings is 1. The molecule has 0 aromatic heterocycles. The number of nitro benzene ring substituents is 1. The van der Waals surface area contributed by atoms with Crippen LogP contribution in [0, 0.1) is 10.1 Å². The van der Waals surface area contributed by atoms with Crippen LogP contribution in [0.25, 0.3) is 0 Å². The zero-order chi connectivity index (χ0) is 22.1. The number of nitrogens with zero attached hydrogens (tertiary/aromatic N) is 4. The van der Waals surface area contributed by atoms with Gasteiger partial charge in [-0.15, -0.1) is 0 Å². The Morgan fingerprint density at radius 2 is 1.80 bits per heavy atom. The Bertz CT molecular complexity index is 833. The predicted molar refractivity (Wildman–Crippen MR) is 112 cm³/mol. The van der Waals surface area contributed by atoms with Crippen molar-refractivity contribution in [2.24, 2.45) is 0 Å². The van der Waals surface area contributed by atoms with E-state index < -0.39 is 10.5 Å². The van der Waals surface area contributed by atoms with Gasteiger partial charge in [-0.2, -0.15) is 0 Å². The molecule has 2 heterocycles. The second kappa shape index (κ2) is 8.77. The van der Waals surface area contributed by atoms with Gasteiger partial charge >= 0.3 is 6.09 Å². The molecule has 164 valence electrons. The maximum Gasteiger partial charge on any atom is 0.410 e. The Hall–Kier alpha value is -2.39. The minimum atomic E-state index is -0.541. The van der Waals surface area contributed by atoms with Gasteiger partial charge < -0.3 is 14.5 Å². The van der Waals surface area contributed by atoms with Gasteiger partial charge in [-0.3, -0.25) is 19.8 Å². The highest BCUT2D eigenvalue weighted by molar-refractivity contribution is 6.34. The molecule has 0 bridgehead atoms. The number of hydrogen-bond donors (Lipinski definition) is 0. The fraction of sp³-hybridized carbons (Fsp3) is 0.600. The zero-order valence-electron chi connectivity index (χ0n) is 17.5. The van der Waals surface area contributed by atoms with Gasteiger partial charge in [0.25, 0.3) is 11.6 Å². The minimum absolute atomic E-state index is 0.0837. The minimum Gasteiger partial charge on any atom is -0.444 e. The van der Waals surface area contributed by atoms with Gasteiger partial charge in [0.05, 0.1) is 15.5 Å². The average molecular weight is 439 g/mol. The molecule has 3 rings (SSSR count). The molecule has 0 aliphatic carbocycles. The number of nitro groups is 1. The third-order valence-corrected chi connectivity index (χ3v) is 5.64. The van der Waals surface area contributed by atoms with Crippen molar-refractivity contribution in [2.45, 2.75) is 38.8 Å². The number of carbonyl (C=O) groups is 2. The summed E-state index contributed by atoms with van der Waals surface area (Å²) in [5, 5.41) is 10.9. The molecule has 1 aromatic rings. The lowest BCUT2D eigenvalue weighted by atomic mass is 10.1. The van der Waals surface area contributed by atoms with E-state index in [2.05, 4.69) is 4.90 Å². The van der Waals surface area contributed by atoms with Crippen molar-refractivity contribution >= 4 is 29.3 Å². The molecule has 0 radical (unpaired) electrons. The summed E-state index contributed by atoms with van der Waals surface area (Å²) in [6.07, 6.45) is 0.591. The van der Waals surface area contributed by atoms with E-state index in [1.807, 2.05) is 20.8 Å². The van der Waals surface area contributed by atoms with Crippen LogP contribution >= 0.6 is 11.6 Å².